The summed E-state index contributed by atoms with van der Waals surface area (Å²) in [4.78, 5) is 9.71. The van der Waals surface area contributed by atoms with Gasteiger partial charge in [0, 0.05) is 55.2 Å². The van der Waals surface area contributed by atoms with Crippen LogP contribution >= 0.6 is 22.9 Å². The van der Waals surface area contributed by atoms with Gasteiger partial charge in [-0.3, -0.25) is 9.80 Å². The fourth-order valence-corrected chi connectivity index (χ4v) is 4.28. The number of ether oxygens (including phenoxy) is 1. The Hall–Kier alpha value is -1.14. The Bertz CT molecular complexity index is 683. The van der Waals surface area contributed by atoms with E-state index in [1.165, 1.54) is 17.1 Å². The van der Waals surface area contributed by atoms with E-state index in [9.17, 15) is 0 Å². The molecule has 0 N–H and O–H groups in total. The summed E-state index contributed by atoms with van der Waals surface area (Å²) < 4.78 is 5.46. The molecule has 1 aromatic heterocycles. The van der Waals surface area contributed by atoms with Gasteiger partial charge in [-0.2, -0.15) is 0 Å². The zero-order chi connectivity index (χ0) is 17.6. The van der Waals surface area contributed by atoms with E-state index in [0.29, 0.717) is 0 Å². The van der Waals surface area contributed by atoms with E-state index < -0.39 is 0 Å². The van der Waals surface area contributed by atoms with Crippen molar-refractivity contribution >= 4 is 22.9 Å². The monoisotopic (exact) mass is 379 g/mol. The molecule has 0 bridgehead atoms. The normalized spacial score (nSPS) is 16.3. The minimum atomic E-state index is 0.765. The molecule has 0 amide bonds. The van der Waals surface area contributed by atoms with Crippen LogP contribution in [0.15, 0.2) is 23.6 Å². The third-order valence-corrected chi connectivity index (χ3v) is 5.74. The van der Waals surface area contributed by atoms with E-state index in [1.54, 1.807) is 18.4 Å². The molecule has 2 aromatic rings. The highest BCUT2D eigenvalue weighted by Crippen LogP contribution is 2.24. The molecule has 2 heterocycles. The van der Waals surface area contributed by atoms with Crippen molar-refractivity contribution in [3.63, 3.8) is 0 Å². The molecule has 0 saturated carbocycles. The first-order valence-corrected chi connectivity index (χ1v) is 10.1. The summed E-state index contributed by atoms with van der Waals surface area (Å²) in [6.45, 7) is 8.31. The van der Waals surface area contributed by atoms with Gasteiger partial charge in [0.2, 0.25) is 0 Å². The molecule has 6 heteroatoms. The lowest BCUT2D eigenvalue weighted by atomic mass is 10.1. The summed E-state index contributed by atoms with van der Waals surface area (Å²) in [6.07, 6.45) is 2.26. The molecule has 0 radical (unpaired) electrons. The molecule has 1 aliphatic heterocycles. The highest BCUT2D eigenvalue weighted by molar-refractivity contribution is 7.09. The zero-order valence-electron chi connectivity index (χ0n) is 15.0. The summed E-state index contributed by atoms with van der Waals surface area (Å²) in [6, 6.07) is 5.84. The number of piperazine rings is 1. The van der Waals surface area contributed by atoms with Crippen LogP contribution in [0, 0.1) is 0 Å². The van der Waals surface area contributed by atoms with E-state index in [2.05, 4.69) is 22.1 Å². The van der Waals surface area contributed by atoms with Crippen LogP contribution in [0.4, 0.5) is 0 Å². The third-order valence-electron chi connectivity index (χ3n) is 4.55. The Balaban J connectivity index is 1.51. The lowest BCUT2D eigenvalue weighted by Gasteiger charge is -2.34. The minimum Gasteiger partial charge on any atom is -0.496 e. The number of methoxy groups -OCH3 is 1. The number of nitrogens with zero attached hydrogens (tertiary/aromatic N) is 3. The number of benzene rings is 1. The fourth-order valence-electron chi connectivity index (χ4n) is 3.20. The Morgan fingerprint density at radius 2 is 1.88 bits per heavy atom. The van der Waals surface area contributed by atoms with Crippen LogP contribution in [0.3, 0.4) is 0 Å². The van der Waals surface area contributed by atoms with Gasteiger partial charge in [-0.05, 0) is 31.0 Å². The molecule has 25 heavy (non-hydrogen) atoms. The predicted molar refractivity (Wildman–Crippen MR) is 105 cm³/mol. The van der Waals surface area contributed by atoms with Crippen molar-refractivity contribution in [2.24, 2.45) is 0 Å². The number of aromatic nitrogens is 1. The van der Waals surface area contributed by atoms with Crippen LogP contribution < -0.4 is 4.74 Å². The molecule has 0 atom stereocenters. The Labute approximate surface area is 159 Å². The maximum absolute atomic E-state index is 6.14. The summed E-state index contributed by atoms with van der Waals surface area (Å²) in [5.41, 5.74) is 2.38. The van der Waals surface area contributed by atoms with E-state index in [-0.39, 0.29) is 0 Å². The van der Waals surface area contributed by atoms with Gasteiger partial charge in [0.1, 0.15) is 5.75 Å². The molecular formula is C19H26ClN3OS. The zero-order valence-corrected chi connectivity index (χ0v) is 16.6. The number of aryl methyl sites for hydroxylation is 1. The maximum Gasteiger partial charge on any atom is 0.123 e. The van der Waals surface area contributed by atoms with Crippen molar-refractivity contribution in [3.05, 3.63) is 44.9 Å². The Kier molecular flexibility index (Phi) is 6.70. The maximum atomic E-state index is 6.14. The largest absolute Gasteiger partial charge is 0.496 e. The first-order chi connectivity index (χ1) is 12.2. The lowest BCUT2D eigenvalue weighted by molar-refractivity contribution is 0.120. The van der Waals surface area contributed by atoms with Gasteiger partial charge < -0.3 is 4.74 Å². The molecule has 0 aliphatic carbocycles. The van der Waals surface area contributed by atoms with Crippen molar-refractivity contribution in [3.8, 4) is 5.75 Å². The van der Waals surface area contributed by atoms with Crippen molar-refractivity contribution in [2.45, 2.75) is 32.9 Å². The molecule has 0 spiro atoms. The quantitative estimate of drug-likeness (QED) is 0.724. The Morgan fingerprint density at radius 1 is 1.16 bits per heavy atom. The van der Waals surface area contributed by atoms with Crippen LogP contribution in [-0.4, -0.2) is 48.1 Å². The van der Waals surface area contributed by atoms with Crippen molar-refractivity contribution < 1.29 is 4.74 Å². The van der Waals surface area contributed by atoms with Crippen LogP contribution in [0.1, 0.15) is 29.6 Å². The number of halogens is 1. The van der Waals surface area contributed by atoms with Crippen LogP contribution in [0.25, 0.3) is 0 Å². The minimum absolute atomic E-state index is 0.765. The second kappa shape index (κ2) is 8.99. The van der Waals surface area contributed by atoms with E-state index in [1.807, 2.05) is 18.2 Å². The Morgan fingerprint density at radius 3 is 2.56 bits per heavy atom. The highest BCUT2D eigenvalue weighted by atomic mass is 35.5. The number of hydrogen-bond donors (Lipinski definition) is 0. The SMILES string of the molecule is CCCc1nc(CN2CCN(Cc3cc(Cl)ccc3OC)CC2)cs1. The number of hydrogen-bond acceptors (Lipinski definition) is 5. The second-order valence-electron chi connectivity index (χ2n) is 6.49. The van der Waals surface area contributed by atoms with Gasteiger partial charge >= 0.3 is 0 Å². The lowest BCUT2D eigenvalue weighted by Crippen LogP contribution is -2.45. The average Bonchev–Trinajstić information content (AvgIpc) is 3.04. The number of thiazole rings is 1. The third kappa shape index (κ3) is 5.17. The number of rotatable bonds is 7. The molecule has 136 valence electrons. The molecular weight excluding hydrogens is 354 g/mol. The van der Waals surface area contributed by atoms with Crippen LogP contribution in [-0.2, 0) is 19.5 Å². The molecule has 4 nitrogen and oxygen atoms in total. The van der Waals surface area contributed by atoms with Gasteiger partial charge in [0.25, 0.3) is 0 Å². The first kappa shape index (κ1) is 18.6. The summed E-state index contributed by atoms with van der Waals surface area (Å²) >= 11 is 7.94. The van der Waals surface area contributed by atoms with E-state index in [4.69, 9.17) is 21.3 Å². The molecule has 3 rings (SSSR count). The van der Waals surface area contributed by atoms with E-state index >= 15 is 0 Å². The van der Waals surface area contributed by atoms with Gasteiger partial charge in [0.15, 0.2) is 0 Å². The van der Waals surface area contributed by atoms with Gasteiger partial charge in [-0.15, -0.1) is 11.3 Å². The van der Waals surface area contributed by atoms with Gasteiger partial charge in [0.05, 0.1) is 17.8 Å². The summed E-state index contributed by atoms with van der Waals surface area (Å²) in [7, 11) is 1.71. The average molecular weight is 380 g/mol. The second-order valence-corrected chi connectivity index (χ2v) is 7.87. The topological polar surface area (TPSA) is 28.6 Å². The molecule has 1 aliphatic rings. The predicted octanol–water partition coefficient (Wildman–Crippen LogP) is 4.08. The summed E-state index contributed by atoms with van der Waals surface area (Å²) in [5.74, 6) is 0.915. The van der Waals surface area contributed by atoms with Crippen LogP contribution in [0.5, 0.6) is 5.75 Å². The fraction of sp³-hybridized carbons (Fsp3) is 0.526. The highest BCUT2D eigenvalue weighted by Gasteiger charge is 2.19. The summed E-state index contributed by atoms with van der Waals surface area (Å²) in [5, 5.41) is 4.25. The standard InChI is InChI=1S/C19H26ClN3OS/c1-3-4-19-21-17(14-25-19)13-23-9-7-22(8-10-23)12-15-11-16(20)5-6-18(15)24-2/h5-6,11,14H,3-4,7-10,12-13H2,1-2H3. The van der Waals surface area contributed by atoms with Gasteiger partial charge in [-0.1, -0.05) is 18.5 Å². The first-order valence-electron chi connectivity index (χ1n) is 8.88. The molecule has 1 fully saturated rings. The van der Waals surface area contributed by atoms with Crippen molar-refractivity contribution in [1.82, 2.24) is 14.8 Å². The molecule has 1 aromatic carbocycles. The molecule has 1 saturated heterocycles. The van der Waals surface area contributed by atoms with E-state index in [0.717, 1.165) is 62.0 Å². The van der Waals surface area contributed by atoms with Gasteiger partial charge in [-0.25, -0.2) is 4.98 Å². The molecule has 0 unspecified atom stereocenters. The van der Waals surface area contributed by atoms with Crippen molar-refractivity contribution in [1.29, 1.82) is 0 Å². The smallest absolute Gasteiger partial charge is 0.123 e. The van der Waals surface area contributed by atoms with Crippen molar-refractivity contribution in [2.75, 3.05) is 33.3 Å². The van der Waals surface area contributed by atoms with Crippen LogP contribution in [0.2, 0.25) is 5.02 Å².